The van der Waals surface area contributed by atoms with Crippen LogP contribution in [0.1, 0.15) is 0 Å². The maximum Gasteiger partial charge on any atom is 0.414 e. The number of benzene rings is 1. The summed E-state index contributed by atoms with van der Waals surface area (Å²) in [6.45, 7) is 0.359. The van der Waals surface area contributed by atoms with Crippen molar-refractivity contribution in [3.63, 3.8) is 0 Å². The highest BCUT2D eigenvalue weighted by atomic mass is 16.6. The number of hydrogen-bond acceptors (Lipinski definition) is 5. The van der Waals surface area contributed by atoms with Crippen LogP contribution in [0.4, 0.5) is 10.5 Å². The van der Waals surface area contributed by atoms with Crippen molar-refractivity contribution < 1.29 is 19.4 Å². The molecule has 6 heteroatoms. The van der Waals surface area contributed by atoms with E-state index in [0.29, 0.717) is 18.0 Å². The molecule has 1 aromatic rings. The topological polar surface area (TPSA) is 85.0 Å². The molecule has 6 nitrogen and oxygen atoms in total. The molecule has 0 aliphatic carbocycles. The number of aliphatic hydroxyl groups excluding tert-OH is 1. The lowest BCUT2D eigenvalue weighted by Crippen LogP contribution is -2.36. The van der Waals surface area contributed by atoms with Crippen LogP contribution in [-0.4, -0.2) is 43.6 Å². The summed E-state index contributed by atoms with van der Waals surface area (Å²) in [5.41, 5.74) is 6.04. The van der Waals surface area contributed by atoms with Crippen LogP contribution >= 0.6 is 0 Å². The molecule has 1 aromatic carbocycles. The summed E-state index contributed by atoms with van der Waals surface area (Å²) >= 11 is 0. The SMILES string of the molecule is COc1ccc(N2C[C@H](C(O)CN)OC2=O)cc1. The van der Waals surface area contributed by atoms with Gasteiger partial charge in [0.25, 0.3) is 0 Å². The van der Waals surface area contributed by atoms with E-state index in [1.54, 1.807) is 31.4 Å². The molecule has 3 N–H and O–H groups in total. The summed E-state index contributed by atoms with van der Waals surface area (Å²) in [4.78, 5) is 13.1. The van der Waals surface area contributed by atoms with Crippen LogP contribution in [-0.2, 0) is 4.74 Å². The Balaban J connectivity index is 2.11. The normalized spacial score (nSPS) is 20.7. The number of anilines is 1. The number of aliphatic hydroxyl groups is 1. The van der Waals surface area contributed by atoms with E-state index in [9.17, 15) is 9.90 Å². The van der Waals surface area contributed by atoms with Crippen molar-refractivity contribution in [3.05, 3.63) is 24.3 Å². The fourth-order valence-corrected chi connectivity index (χ4v) is 1.81. The number of carbonyl (C=O) groups excluding carboxylic acids is 1. The number of cyclic esters (lactones) is 1. The van der Waals surface area contributed by atoms with Gasteiger partial charge in [0.1, 0.15) is 18.0 Å². The lowest BCUT2D eigenvalue weighted by Gasteiger charge is -2.15. The Kier molecular flexibility index (Phi) is 3.69. The number of rotatable bonds is 4. The molecule has 1 fully saturated rings. The van der Waals surface area contributed by atoms with E-state index in [1.807, 2.05) is 0 Å². The van der Waals surface area contributed by atoms with Crippen molar-refractivity contribution in [2.75, 3.05) is 25.1 Å². The van der Waals surface area contributed by atoms with E-state index in [2.05, 4.69) is 0 Å². The van der Waals surface area contributed by atoms with E-state index < -0.39 is 18.3 Å². The number of nitrogens with two attached hydrogens (primary N) is 1. The molecule has 1 aliphatic heterocycles. The summed E-state index contributed by atoms with van der Waals surface area (Å²) in [6, 6.07) is 7.04. The fourth-order valence-electron chi connectivity index (χ4n) is 1.81. The van der Waals surface area contributed by atoms with Crippen LogP contribution in [0.15, 0.2) is 24.3 Å². The third-order valence-electron chi connectivity index (χ3n) is 2.89. The number of carbonyl (C=O) groups is 1. The van der Waals surface area contributed by atoms with Gasteiger partial charge in [0.05, 0.1) is 13.7 Å². The van der Waals surface area contributed by atoms with Gasteiger partial charge in [-0.1, -0.05) is 0 Å². The Morgan fingerprint density at radius 3 is 2.78 bits per heavy atom. The predicted molar refractivity (Wildman–Crippen MR) is 65.7 cm³/mol. The van der Waals surface area contributed by atoms with Crippen molar-refractivity contribution in [2.45, 2.75) is 12.2 Å². The molecule has 0 bridgehead atoms. The molecule has 1 saturated heterocycles. The number of ether oxygens (including phenoxy) is 2. The van der Waals surface area contributed by atoms with Gasteiger partial charge < -0.3 is 20.3 Å². The average molecular weight is 252 g/mol. The summed E-state index contributed by atoms with van der Waals surface area (Å²) in [5, 5.41) is 9.57. The van der Waals surface area contributed by atoms with Gasteiger partial charge in [-0.05, 0) is 24.3 Å². The minimum Gasteiger partial charge on any atom is -0.497 e. The average Bonchev–Trinajstić information content (AvgIpc) is 2.80. The monoisotopic (exact) mass is 252 g/mol. The largest absolute Gasteiger partial charge is 0.497 e. The van der Waals surface area contributed by atoms with Crippen LogP contribution in [0.3, 0.4) is 0 Å². The molecule has 0 saturated carbocycles. The zero-order valence-electron chi connectivity index (χ0n) is 10.1. The van der Waals surface area contributed by atoms with Crippen molar-refractivity contribution >= 4 is 11.8 Å². The molecular weight excluding hydrogens is 236 g/mol. The Hall–Kier alpha value is -1.79. The van der Waals surface area contributed by atoms with Crippen LogP contribution in [0.5, 0.6) is 5.75 Å². The second-order valence-corrected chi connectivity index (χ2v) is 4.03. The molecule has 2 atom stereocenters. The van der Waals surface area contributed by atoms with Gasteiger partial charge >= 0.3 is 6.09 Å². The zero-order chi connectivity index (χ0) is 13.1. The highest BCUT2D eigenvalue weighted by Gasteiger charge is 2.36. The second kappa shape index (κ2) is 5.24. The van der Waals surface area contributed by atoms with E-state index in [1.165, 1.54) is 4.90 Å². The van der Waals surface area contributed by atoms with Gasteiger partial charge in [-0.15, -0.1) is 0 Å². The van der Waals surface area contributed by atoms with Crippen LogP contribution < -0.4 is 15.4 Å². The van der Waals surface area contributed by atoms with Gasteiger partial charge in [-0.25, -0.2) is 4.79 Å². The summed E-state index contributed by atoms with van der Waals surface area (Å²) in [5.74, 6) is 0.713. The minimum absolute atomic E-state index is 0.0639. The molecule has 98 valence electrons. The maximum absolute atomic E-state index is 11.7. The molecule has 1 amide bonds. The molecule has 1 heterocycles. The molecule has 1 unspecified atom stereocenters. The third-order valence-corrected chi connectivity index (χ3v) is 2.89. The summed E-state index contributed by atoms with van der Waals surface area (Å²) in [6.07, 6.45) is -1.89. The summed E-state index contributed by atoms with van der Waals surface area (Å²) in [7, 11) is 1.58. The first-order chi connectivity index (χ1) is 8.65. The first-order valence-electron chi connectivity index (χ1n) is 5.66. The van der Waals surface area contributed by atoms with E-state index in [4.69, 9.17) is 15.2 Å². The van der Waals surface area contributed by atoms with Gasteiger partial charge in [-0.3, -0.25) is 4.90 Å². The quantitative estimate of drug-likeness (QED) is 0.807. The molecule has 2 rings (SSSR count). The van der Waals surface area contributed by atoms with Crippen LogP contribution in [0.25, 0.3) is 0 Å². The van der Waals surface area contributed by atoms with E-state index in [0.717, 1.165) is 0 Å². The lowest BCUT2D eigenvalue weighted by atomic mass is 10.2. The van der Waals surface area contributed by atoms with Gasteiger partial charge in [0, 0.05) is 12.2 Å². The minimum atomic E-state index is -0.836. The number of methoxy groups -OCH3 is 1. The van der Waals surface area contributed by atoms with Crippen molar-refractivity contribution in [1.29, 1.82) is 0 Å². The third kappa shape index (κ3) is 2.39. The Bertz CT molecular complexity index is 421. The number of nitrogens with zero attached hydrogens (tertiary/aromatic N) is 1. The molecular formula is C12H16N2O4. The van der Waals surface area contributed by atoms with Gasteiger partial charge in [0.2, 0.25) is 0 Å². The first-order valence-corrected chi connectivity index (χ1v) is 5.66. The van der Waals surface area contributed by atoms with Crippen molar-refractivity contribution in [3.8, 4) is 5.75 Å². The highest BCUT2D eigenvalue weighted by Crippen LogP contribution is 2.24. The molecule has 18 heavy (non-hydrogen) atoms. The number of hydrogen-bond donors (Lipinski definition) is 2. The van der Waals surface area contributed by atoms with Gasteiger partial charge in [-0.2, -0.15) is 0 Å². The lowest BCUT2D eigenvalue weighted by molar-refractivity contribution is 0.0380. The Morgan fingerprint density at radius 2 is 2.22 bits per heavy atom. The van der Waals surface area contributed by atoms with Crippen molar-refractivity contribution in [1.82, 2.24) is 0 Å². The number of amides is 1. The summed E-state index contributed by atoms with van der Waals surface area (Å²) < 4.78 is 10.1. The fraction of sp³-hybridized carbons (Fsp3) is 0.417. The van der Waals surface area contributed by atoms with Crippen molar-refractivity contribution in [2.24, 2.45) is 5.73 Å². The molecule has 1 aliphatic rings. The van der Waals surface area contributed by atoms with Crippen LogP contribution in [0, 0.1) is 0 Å². The Labute approximate surface area is 105 Å². The maximum atomic E-state index is 11.7. The molecule has 0 aromatic heterocycles. The first kappa shape index (κ1) is 12.7. The van der Waals surface area contributed by atoms with Crippen LogP contribution in [0.2, 0.25) is 0 Å². The van der Waals surface area contributed by atoms with E-state index >= 15 is 0 Å². The molecule has 0 radical (unpaired) electrons. The standard InChI is InChI=1S/C12H16N2O4/c1-17-9-4-2-8(3-5-9)14-7-11(10(15)6-13)18-12(14)16/h2-5,10-11,15H,6-7,13H2,1H3/t10?,11-/m1/s1. The second-order valence-electron chi connectivity index (χ2n) is 4.03. The smallest absolute Gasteiger partial charge is 0.414 e. The Morgan fingerprint density at radius 1 is 1.56 bits per heavy atom. The molecule has 0 spiro atoms. The van der Waals surface area contributed by atoms with Gasteiger partial charge in [0.15, 0.2) is 0 Å². The van der Waals surface area contributed by atoms with E-state index in [-0.39, 0.29) is 6.54 Å². The zero-order valence-corrected chi connectivity index (χ0v) is 10.1. The highest BCUT2D eigenvalue weighted by molar-refractivity contribution is 5.89. The predicted octanol–water partition coefficient (Wildman–Crippen LogP) is 0.340.